The molecule has 0 aliphatic heterocycles. The van der Waals surface area contributed by atoms with Gasteiger partial charge in [0.15, 0.2) is 0 Å². The van der Waals surface area contributed by atoms with Gasteiger partial charge in [0.05, 0.1) is 6.61 Å². The Labute approximate surface area is 118 Å². The van der Waals surface area contributed by atoms with Crippen LogP contribution >= 0.6 is 0 Å². The van der Waals surface area contributed by atoms with E-state index in [0.717, 1.165) is 12.8 Å². The SMILES string of the molecule is CCC(CC)N(C)C1CCCC(CO)(NC2CC2)C1. The summed E-state index contributed by atoms with van der Waals surface area (Å²) in [5, 5.41) is 13.6. The summed E-state index contributed by atoms with van der Waals surface area (Å²) < 4.78 is 0. The molecule has 0 heterocycles. The normalized spacial score (nSPS) is 32.2. The Morgan fingerprint density at radius 1 is 1.26 bits per heavy atom. The molecule has 2 saturated carbocycles. The van der Waals surface area contributed by atoms with Crippen molar-refractivity contribution < 1.29 is 5.11 Å². The number of aliphatic hydroxyl groups excluding tert-OH is 1. The predicted molar refractivity (Wildman–Crippen MR) is 80.4 cm³/mol. The Kier molecular flexibility index (Phi) is 5.27. The highest BCUT2D eigenvalue weighted by molar-refractivity contribution is 5.00. The van der Waals surface area contributed by atoms with Gasteiger partial charge in [-0.05, 0) is 58.4 Å². The average molecular weight is 268 g/mol. The molecule has 2 rings (SSSR count). The van der Waals surface area contributed by atoms with Crippen molar-refractivity contribution in [3.8, 4) is 0 Å². The van der Waals surface area contributed by atoms with Crippen LogP contribution in [0.5, 0.6) is 0 Å². The van der Waals surface area contributed by atoms with Gasteiger partial charge in [-0.2, -0.15) is 0 Å². The highest BCUT2D eigenvalue weighted by Crippen LogP contribution is 2.35. The molecule has 0 aromatic heterocycles. The van der Waals surface area contributed by atoms with Crippen molar-refractivity contribution in [1.82, 2.24) is 10.2 Å². The van der Waals surface area contributed by atoms with Crippen molar-refractivity contribution in [2.24, 2.45) is 0 Å². The third kappa shape index (κ3) is 3.71. The van der Waals surface area contributed by atoms with Gasteiger partial charge in [-0.3, -0.25) is 0 Å². The maximum Gasteiger partial charge on any atom is 0.0613 e. The maximum absolute atomic E-state index is 9.89. The molecule has 0 spiro atoms. The largest absolute Gasteiger partial charge is 0.394 e. The molecule has 3 heteroatoms. The standard InChI is InChI=1S/C16H32N2O/c1-4-14(5-2)18(3)15-7-6-10-16(11-15,12-19)17-13-8-9-13/h13-15,17,19H,4-12H2,1-3H3. The first-order chi connectivity index (χ1) is 9.14. The fraction of sp³-hybridized carbons (Fsp3) is 1.00. The molecule has 0 bridgehead atoms. The minimum absolute atomic E-state index is 0.00434. The topological polar surface area (TPSA) is 35.5 Å². The van der Waals surface area contributed by atoms with Gasteiger partial charge in [-0.15, -0.1) is 0 Å². The Balaban J connectivity index is 1.97. The van der Waals surface area contributed by atoms with E-state index < -0.39 is 0 Å². The van der Waals surface area contributed by atoms with Gasteiger partial charge >= 0.3 is 0 Å². The van der Waals surface area contributed by atoms with Crippen molar-refractivity contribution in [3.05, 3.63) is 0 Å². The molecule has 2 unspecified atom stereocenters. The first kappa shape index (κ1) is 15.3. The number of aliphatic hydroxyl groups is 1. The Hall–Kier alpha value is -0.120. The monoisotopic (exact) mass is 268 g/mol. The number of hydrogen-bond donors (Lipinski definition) is 2. The van der Waals surface area contributed by atoms with E-state index in [2.05, 4.69) is 31.1 Å². The van der Waals surface area contributed by atoms with Crippen LogP contribution in [0, 0.1) is 0 Å². The molecule has 2 aliphatic rings. The van der Waals surface area contributed by atoms with Crippen LogP contribution in [0.3, 0.4) is 0 Å². The number of nitrogens with one attached hydrogen (secondary N) is 1. The van der Waals surface area contributed by atoms with Crippen LogP contribution in [-0.2, 0) is 0 Å². The first-order valence-electron chi connectivity index (χ1n) is 8.24. The summed E-state index contributed by atoms with van der Waals surface area (Å²) in [6.07, 6.45) is 9.86. The van der Waals surface area contributed by atoms with Crippen LogP contribution in [0.2, 0.25) is 0 Å². The first-order valence-corrected chi connectivity index (χ1v) is 8.24. The van der Waals surface area contributed by atoms with Crippen molar-refractivity contribution >= 4 is 0 Å². The molecule has 2 N–H and O–H groups in total. The van der Waals surface area contributed by atoms with Gasteiger partial charge in [0.1, 0.15) is 0 Å². The molecule has 0 aromatic rings. The van der Waals surface area contributed by atoms with Crippen LogP contribution in [0.4, 0.5) is 0 Å². The van der Waals surface area contributed by atoms with Crippen LogP contribution < -0.4 is 5.32 Å². The van der Waals surface area contributed by atoms with Crippen molar-refractivity contribution in [1.29, 1.82) is 0 Å². The van der Waals surface area contributed by atoms with Crippen LogP contribution in [0.15, 0.2) is 0 Å². The van der Waals surface area contributed by atoms with E-state index in [9.17, 15) is 5.11 Å². The number of rotatable bonds is 7. The molecule has 112 valence electrons. The number of nitrogens with zero attached hydrogens (tertiary/aromatic N) is 1. The summed E-state index contributed by atoms with van der Waals surface area (Å²) in [4.78, 5) is 2.58. The molecule has 3 nitrogen and oxygen atoms in total. The second-order valence-corrected chi connectivity index (χ2v) is 6.74. The lowest BCUT2D eigenvalue weighted by Gasteiger charge is -2.45. The Bertz CT molecular complexity index is 276. The summed E-state index contributed by atoms with van der Waals surface area (Å²) in [7, 11) is 2.28. The molecular weight excluding hydrogens is 236 g/mol. The summed E-state index contributed by atoms with van der Waals surface area (Å²) in [6, 6.07) is 2.02. The van der Waals surface area contributed by atoms with Crippen molar-refractivity contribution in [2.75, 3.05) is 13.7 Å². The second kappa shape index (κ2) is 6.55. The van der Waals surface area contributed by atoms with Gasteiger partial charge in [-0.1, -0.05) is 13.8 Å². The van der Waals surface area contributed by atoms with Gasteiger partial charge in [0, 0.05) is 23.7 Å². The quantitative estimate of drug-likeness (QED) is 0.745. The second-order valence-electron chi connectivity index (χ2n) is 6.74. The van der Waals surface area contributed by atoms with E-state index in [-0.39, 0.29) is 5.54 Å². The van der Waals surface area contributed by atoms with E-state index in [1.54, 1.807) is 0 Å². The molecule has 2 atom stereocenters. The molecule has 0 saturated heterocycles. The lowest BCUT2D eigenvalue weighted by Crippen LogP contribution is -2.57. The van der Waals surface area contributed by atoms with Crippen LogP contribution in [-0.4, -0.2) is 47.3 Å². The van der Waals surface area contributed by atoms with Gasteiger partial charge in [-0.25, -0.2) is 0 Å². The lowest BCUT2D eigenvalue weighted by molar-refractivity contribution is 0.0494. The van der Waals surface area contributed by atoms with E-state index in [0.29, 0.717) is 24.7 Å². The highest BCUT2D eigenvalue weighted by atomic mass is 16.3. The molecule has 0 aromatic carbocycles. The third-order valence-corrected chi connectivity index (χ3v) is 5.30. The zero-order valence-electron chi connectivity index (χ0n) is 13.0. The molecule has 2 fully saturated rings. The third-order valence-electron chi connectivity index (χ3n) is 5.30. The smallest absolute Gasteiger partial charge is 0.0613 e. The zero-order valence-corrected chi connectivity index (χ0v) is 13.0. The Morgan fingerprint density at radius 3 is 2.47 bits per heavy atom. The molecule has 0 amide bonds. The van der Waals surface area contributed by atoms with Gasteiger partial charge in [0.25, 0.3) is 0 Å². The fourth-order valence-electron chi connectivity index (χ4n) is 3.82. The van der Waals surface area contributed by atoms with E-state index in [4.69, 9.17) is 0 Å². The Morgan fingerprint density at radius 2 is 1.95 bits per heavy atom. The summed E-state index contributed by atoms with van der Waals surface area (Å²) in [6.45, 7) is 4.88. The summed E-state index contributed by atoms with van der Waals surface area (Å²) in [5.74, 6) is 0. The van der Waals surface area contributed by atoms with Crippen LogP contribution in [0.1, 0.15) is 65.2 Å². The fourth-order valence-corrected chi connectivity index (χ4v) is 3.82. The van der Waals surface area contributed by atoms with Gasteiger partial charge < -0.3 is 15.3 Å². The highest BCUT2D eigenvalue weighted by Gasteiger charge is 2.41. The maximum atomic E-state index is 9.89. The summed E-state index contributed by atoms with van der Waals surface area (Å²) in [5.41, 5.74) is 0.00434. The molecule has 19 heavy (non-hydrogen) atoms. The van der Waals surface area contributed by atoms with E-state index in [1.165, 1.54) is 38.5 Å². The van der Waals surface area contributed by atoms with Crippen molar-refractivity contribution in [2.45, 2.75) is 88.9 Å². The van der Waals surface area contributed by atoms with Crippen molar-refractivity contribution in [3.63, 3.8) is 0 Å². The van der Waals surface area contributed by atoms with Crippen LogP contribution in [0.25, 0.3) is 0 Å². The molecule has 2 aliphatic carbocycles. The summed E-state index contributed by atoms with van der Waals surface area (Å²) >= 11 is 0. The lowest BCUT2D eigenvalue weighted by atomic mass is 9.78. The predicted octanol–water partition coefficient (Wildman–Crippen LogP) is 2.53. The number of hydrogen-bond acceptors (Lipinski definition) is 3. The minimum atomic E-state index is 0.00434. The van der Waals surface area contributed by atoms with E-state index in [1.807, 2.05) is 0 Å². The molecular formula is C16H32N2O. The van der Waals surface area contributed by atoms with E-state index >= 15 is 0 Å². The van der Waals surface area contributed by atoms with Gasteiger partial charge in [0.2, 0.25) is 0 Å². The molecule has 0 radical (unpaired) electrons. The average Bonchev–Trinajstić information content (AvgIpc) is 3.24. The zero-order chi connectivity index (χ0) is 13.9. The minimum Gasteiger partial charge on any atom is -0.394 e.